The Kier molecular flexibility index (Phi) is 4.67. The van der Waals surface area contributed by atoms with Crippen LogP contribution in [0.3, 0.4) is 0 Å². The monoisotopic (exact) mass is 248 g/mol. The number of hydrogen-bond donors (Lipinski definition) is 2. The summed E-state index contributed by atoms with van der Waals surface area (Å²) in [4.78, 5) is 0. The molecule has 0 aromatic heterocycles. The second-order valence-corrected chi connectivity index (χ2v) is 3.79. The van der Waals surface area contributed by atoms with Crippen molar-refractivity contribution in [3.05, 3.63) is 28.8 Å². The topological polar surface area (TPSA) is 47.3 Å². The Balaban J connectivity index is 0.00000112. The van der Waals surface area contributed by atoms with Crippen LogP contribution in [0.15, 0.2) is 18.2 Å². The van der Waals surface area contributed by atoms with Gasteiger partial charge in [-0.25, -0.2) is 0 Å². The predicted octanol–water partition coefficient (Wildman–Crippen LogP) is 2.00. The number of nitrogens with two attached hydrogens (primary N) is 1. The summed E-state index contributed by atoms with van der Waals surface area (Å²) in [5.74, 6) is 0. The van der Waals surface area contributed by atoms with Crippen molar-refractivity contribution >= 4 is 29.7 Å². The molecule has 1 saturated heterocycles. The zero-order chi connectivity index (χ0) is 9.97. The molecule has 0 amide bonds. The molecule has 0 aliphatic carbocycles. The Bertz CT molecular complexity index is 327. The molecule has 1 atom stereocenters. The molecular formula is C10H14Cl2N2O. The Labute approximate surface area is 100 Å². The Morgan fingerprint density at radius 3 is 2.93 bits per heavy atom. The first kappa shape index (κ1) is 12.6. The van der Waals surface area contributed by atoms with Crippen molar-refractivity contribution in [2.24, 2.45) is 0 Å². The fourth-order valence-electron chi connectivity index (χ4n) is 1.61. The Morgan fingerprint density at radius 2 is 2.27 bits per heavy atom. The van der Waals surface area contributed by atoms with E-state index in [0.717, 1.165) is 24.4 Å². The molecule has 2 rings (SSSR count). The Hall–Kier alpha value is -0.480. The summed E-state index contributed by atoms with van der Waals surface area (Å²) in [6.07, 6.45) is 0. The molecule has 5 heteroatoms. The standard InChI is InChI=1S/C10H13ClN2O.ClH/c11-7-1-2-9(12)8(5-7)10-6-14-4-3-13-10;/h1-2,5,10,13H,3-4,6,12H2;1H/t10-;/m0./s1. The van der Waals surface area contributed by atoms with Gasteiger partial charge in [-0.05, 0) is 23.8 Å². The molecule has 15 heavy (non-hydrogen) atoms. The highest BCUT2D eigenvalue weighted by Gasteiger charge is 2.17. The average molecular weight is 249 g/mol. The van der Waals surface area contributed by atoms with E-state index in [1.165, 1.54) is 0 Å². The average Bonchev–Trinajstić information content (AvgIpc) is 2.23. The van der Waals surface area contributed by atoms with Crippen molar-refractivity contribution in [1.82, 2.24) is 5.32 Å². The van der Waals surface area contributed by atoms with Gasteiger partial charge in [0.15, 0.2) is 0 Å². The van der Waals surface area contributed by atoms with Gasteiger partial charge in [0.1, 0.15) is 0 Å². The lowest BCUT2D eigenvalue weighted by Crippen LogP contribution is -2.34. The van der Waals surface area contributed by atoms with Crippen molar-refractivity contribution < 1.29 is 4.74 Å². The lowest BCUT2D eigenvalue weighted by atomic mass is 10.0. The van der Waals surface area contributed by atoms with Crippen molar-refractivity contribution in [2.75, 3.05) is 25.5 Å². The van der Waals surface area contributed by atoms with Crippen molar-refractivity contribution in [3.63, 3.8) is 0 Å². The summed E-state index contributed by atoms with van der Waals surface area (Å²) in [5, 5.41) is 4.05. The zero-order valence-electron chi connectivity index (χ0n) is 8.20. The molecule has 1 aromatic rings. The fourth-order valence-corrected chi connectivity index (χ4v) is 1.79. The van der Waals surface area contributed by atoms with Gasteiger partial charge in [0, 0.05) is 17.3 Å². The molecule has 3 nitrogen and oxygen atoms in total. The summed E-state index contributed by atoms with van der Waals surface area (Å²) < 4.78 is 5.37. The summed E-state index contributed by atoms with van der Waals surface area (Å²) in [6.45, 7) is 2.28. The number of anilines is 1. The number of morpholine rings is 1. The highest BCUT2D eigenvalue weighted by atomic mass is 35.5. The minimum atomic E-state index is 0. The third-order valence-electron chi connectivity index (χ3n) is 2.35. The minimum Gasteiger partial charge on any atom is -0.398 e. The first-order chi connectivity index (χ1) is 6.77. The van der Waals surface area contributed by atoms with Gasteiger partial charge in [-0.15, -0.1) is 12.4 Å². The van der Waals surface area contributed by atoms with E-state index < -0.39 is 0 Å². The van der Waals surface area contributed by atoms with Gasteiger partial charge in [-0.1, -0.05) is 11.6 Å². The maximum atomic E-state index is 5.91. The molecular weight excluding hydrogens is 235 g/mol. The first-order valence-corrected chi connectivity index (χ1v) is 5.01. The quantitative estimate of drug-likeness (QED) is 0.748. The van der Waals surface area contributed by atoms with E-state index in [2.05, 4.69) is 5.32 Å². The molecule has 1 aliphatic heterocycles. The van der Waals surface area contributed by atoms with E-state index >= 15 is 0 Å². The summed E-state index contributed by atoms with van der Waals surface area (Å²) >= 11 is 5.91. The van der Waals surface area contributed by atoms with Crippen molar-refractivity contribution in [2.45, 2.75) is 6.04 Å². The Morgan fingerprint density at radius 1 is 1.47 bits per heavy atom. The number of nitrogens with one attached hydrogen (secondary N) is 1. The molecule has 84 valence electrons. The van der Waals surface area contributed by atoms with Gasteiger partial charge >= 0.3 is 0 Å². The van der Waals surface area contributed by atoms with E-state index in [0.29, 0.717) is 11.6 Å². The SMILES string of the molecule is Cl.Nc1ccc(Cl)cc1[C@@H]1COCCN1. The molecule has 3 N–H and O–H groups in total. The largest absolute Gasteiger partial charge is 0.398 e. The van der Waals surface area contributed by atoms with Crippen LogP contribution in [0.5, 0.6) is 0 Å². The van der Waals surface area contributed by atoms with Crippen molar-refractivity contribution in [1.29, 1.82) is 0 Å². The van der Waals surface area contributed by atoms with Gasteiger partial charge in [0.05, 0.1) is 19.3 Å². The molecule has 0 bridgehead atoms. The number of ether oxygens (including phenoxy) is 1. The molecule has 1 fully saturated rings. The van der Waals surface area contributed by atoms with E-state index in [4.69, 9.17) is 22.1 Å². The van der Waals surface area contributed by atoms with Crippen LogP contribution in [0.1, 0.15) is 11.6 Å². The maximum Gasteiger partial charge on any atom is 0.0662 e. The van der Waals surface area contributed by atoms with Gasteiger partial charge < -0.3 is 15.8 Å². The maximum absolute atomic E-state index is 5.91. The molecule has 0 unspecified atom stereocenters. The van der Waals surface area contributed by atoms with Crippen LogP contribution in [0.2, 0.25) is 5.02 Å². The van der Waals surface area contributed by atoms with E-state index in [1.807, 2.05) is 12.1 Å². The highest BCUT2D eigenvalue weighted by molar-refractivity contribution is 6.30. The first-order valence-electron chi connectivity index (χ1n) is 4.63. The summed E-state index contributed by atoms with van der Waals surface area (Å²) in [6, 6.07) is 5.68. The van der Waals surface area contributed by atoms with Crippen LogP contribution < -0.4 is 11.1 Å². The third kappa shape index (κ3) is 2.98. The number of hydrogen-bond acceptors (Lipinski definition) is 3. The van der Waals surface area contributed by atoms with Crippen LogP contribution in [0.25, 0.3) is 0 Å². The predicted molar refractivity (Wildman–Crippen MR) is 64.7 cm³/mol. The molecule has 0 spiro atoms. The van der Waals surface area contributed by atoms with Crippen molar-refractivity contribution in [3.8, 4) is 0 Å². The molecule has 1 heterocycles. The molecule has 1 aliphatic rings. The molecule has 0 radical (unpaired) electrons. The smallest absolute Gasteiger partial charge is 0.0662 e. The number of nitrogen functional groups attached to an aromatic ring is 1. The molecule has 0 saturated carbocycles. The summed E-state index contributed by atoms with van der Waals surface area (Å²) in [7, 11) is 0. The highest BCUT2D eigenvalue weighted by Crippen LogP contribution is 2.25. The molecule has 1 aromatic carbocycles. The van der Waals surface area contributed by atoms with Gasteiger partial charge in [-0.3, -0.25) is 0 Å². The number of rotatable bonds is 1. The van der Waals surface area contributed by atoms with E-state index in [9.17, 15) is 0 Å². The van der Waals surface area contributed by atoms with Crippen LogP contribution in [0, 0.1) is 0 Å². The fraction of sp³-hybridized carbons (Fsp3) is 0.400. The van der Waals surface area contributed by atoms with E-state index in [-0.39, 0.29) is 18.4 Å². The van der Waals surface area contributed by atoms with Crippen LogP contribution in [-0.2, 0) is 4.74 Å². The lowest BCUT2D eigenvalue weighted by Gasteiger charge is -2.25. The lowest BCUT2D eigenvalue weighted by molar-refractivity contribution is 0.0771. The van der Waals surface area contributed by atoms with Gasteiger partial charge in [-0.2, -0.15) is 0 Å². The van der Waals surface area contributed by atoms with Gasteiger partial charge in [0.25, 0.3) is 0 Å². The normalized spacial score (nSPS) is 20.7. The van der Waals surface area contributed by atoms with E-state index in [1.54, 1.807) is 6.07 Å². The second-order valence-electron chi connectivity index (χ2n) is 3.35. The van der Waals surface area contributed by atoms with Gasteiger partial charge in [0.2, 0.25) is 0 Å². The number of halogens is 2. The third-order valence-corrected chi connectivity index (χ3v) is 2.58. The van der Waals surface area contributed by atoms with Crippen LogP contribution in [-0.4, -0.2) is 19.8 Å². The minimum absolute atomic E-state index is 0. The zero-order valence-corrected chi connectivity index (χ0v) is 9.77. The summed E-state index contributed by atoms with van der Waals surface area (Å²) in [5.41, 5.74) is 7.65. The number of benzene rings is 1. The second kappa shape index (κ2) is 5.56. The van der Waals surface area contributed by atoms with Crippen LogP contribution in [0.4, 0.5) is 5.69 Å². The van der Waals surface area contributed by atoms with Crippen LogP contribution >= 0.6 is 24.0 Å².